The molecule has 9 heterocycles. The number of aromatic nitrogens is 16. The summed E-state index contributed by atoms with van der Waals surface area (Å²) in [6.07, 6.45) is 18.6. The molecule has 482 valence electrons. The average Bonchev–Trinajstić information content (AvgIpc) is 4.36. The van der Waals surface area contributed by atoms with Gasteiger partial charge in [0.2, 0.25) is 5.56 Å². The van der Waals surface area contributed by atoms with Gasteiger partial charge in [0.15, 0.2) is 0 Å². The Morgan fingerprint density at radius 3 is 1.35 bits per heavy atom. The first-order chi connectivity index (χ1) is 41.1. The molecule has 0 unspecified atom stereocenters. The van der Waals surface area contributed by atoms with E-state index in [2.05, 4.69) is 239 Å². The first-order valence-corrected chi connectivity index (χ1v) is 31.1. The Labute approximate surface area is 530 Å². The summed E-state index contributed by atoms with van der Waals surface area (Å²) in [5.74, 6) is 6.53. The molecule has 0 aromatic carbocycles. The molecule has 0 saturated heterocycles. The maximum atomic E-state index is 10.7. The van der Waals surface area contributed by atoms with Gasteiger partial charge in [-0.1, -0.05) is 116 Å². The Kier molecular flexibility index (Phi) is 36.1. The summed E-state index contributed by atoms with van der Waals surface area (Å²) in [5, 5.41) is 26.8. The summed E-state index contributed by atoms with van der Waals surface area (Å²) >= 11 is 0. The molecule has 2 N–H and O–H groups in total. The van der Waals surface area contributed by atoms with Crippen LogP contribution in [0.5, 0.6) is 0 Å². The fourth-order valence-electron chi connectivity index (χ4n) is 8.51. The van der Waals surface area contributed by atoms with Gasteiger partial charge in [-0.15, -0.1) is 5.10 Å². The maximum Gasteiger partial charge on any atom is 0.248 e. The highest BCUT2D eigenvalue weighted by Gasteiger charge is 2.08. The SMILES string of the molecule is CC(C)c1cc[nH]c(=O)c1.CC(C)c1ccnnc1.CC(C)c1cnn(C)c1.CC(C)c1cnnn1C.Cc1cc(C(C)C)cc(C)n1.Cc1cc(C(C)C)cnn1.Cc1cn(C(C)C)c(C)n1.Cc1cnccc1C(C)C.Cc1nc(C(C)C)c(C)[nH]1. The molecule has 9 aromatic rings. The smallest absolute Gasteiger partial charge is 0.248 e. The summed E-state index contributed by atoms with van der Waals surface area (Å²) in [7, 11) is 3.84. The Bertz CT molecular complexity index is 3280. The van der Waals surface area contributed by atoms with Crippen molar-refractivity contribution in [2.45, 2.75) is 233 Å². The molecule has 88 heavy (non-hydrogen) atoms. The third-order valence-electron chi connectivity index (χ3n) is 13.6. The highest BCUT2D eigenvalue weighted by Crippen LogP contribution is 2.19. The molecule has 0 aliphatic heterocycles. The van der Waals surface area contributed by atoms with E-state index in [-0.39, 0.29) is 5.56 Å². The molecule has 0 atom stereocenters. The highest BCUT2D eigenvalue weighted by atomic mass is 16.1. The number of aromatic amines is 2. The van der Waals surface area contributed by atoms with Crippen molar-refractivity contribution < 1.29 is 0 Å². The van der Waals surface area contributed by atoms with E-state index in [4.69, 9.17) is 0 Å². The molecule has 0 aliphatic rings. The third kappa shape index (κ3) is 31.2. The summed E-state index contributed by atoms with van der Waals surface area (Å²) < 4.78 is 5.80. The van der Waals surface area contributed by atoms with Crippen LogP contribution in [0.15, 0.2) is 109 Å². The number of hydrogen-bond donors (Lipinski definition) is 2. The van der Waals surface area contributed by atoms with Gasteiger partial charge < -0.3 is 14.5 Å². The highest BCUT2D eigenvalue weighted by molar-refractivity contribution is 5.25. The molecule has 0 saturated carbocycles. The van der Waals surface area contributed by atoms with E-state index in [1.54, 1.807) is 35.5 Å². The largest absolute Gasteiger partial charge is 0.346 e. The quantitative estimate of drug-likeness (QED) is 0.138. The van der Waals surface area contributed by atoms with E-state index in [0.29, 0.717) is 53.4 Å². The van der Waals surface area contributed by atoms with Crippen LogP contribution in [-0.4, -0.2) is 79.6 Å². The molecular formula is C71H112N16O. The number of nitrogens with one attached hydrogen (secondary N) is 2. The minimum Gasteiger partial charge on any atom is -0.346 e. The lowest BCUT2D eigenvalue weighted by atomic mass is 10.0. The van der Waals surface area contributed by atoms with E-state index in [1.165, 1.54) is 50.5 Å². The first kappa shape index (κ1) is 78.2. The second-order valence-corrected chi connectivity index (χ2v) is 24.9. The van der Waals surface area contributed by atoms with Crippen LogP contribution in [0, 0.1) is 55.4 Å². The monoisotopic (exact) mass is 1200 g/mol. The van der Waals surface area contributed by atoms with Gasteiger partial charge in [0, 0.05) is 80.5 Å². The molecule has 0 fully saturated rings. The van der Waals surface area contributed by atoms with Crippen molar-refractivity contribution in [1.29, 1.82) is 0 Å². The zero-order valence-electron chi connectivity index (χ0n) is 59.2. The van der Waals surface area contributed by atoms with Crippen molar-refractivity contribution in [2.75, 3.05) is 0 Å². The minimum absolute atomic E-state index is 0.0220. The van der Waals surface area contributed by atoms with Crippen molar-refractivity contribution in [2.24, 2.45) is 14.1 Å². The van der Waals surface area contributed by atoms with Crippen LogP contribution < -0.4 is 5.56 Å². The standard InChI is InChI=1S/C10H15N.C9H13N.C8H14N2.C8H12N2.C8H14N2.C8H11NO.C7H12N2.C7H10N2.C6H11N3/c1-7(2)10-5-8(3)11-9(4)6-10;1-7(2)9-4-5-10-6-8(9)3;1-6(2)10-5-7(3)9-8(10)4;1-6(2)8-4-7(3)10-9-5-8;1-5(2)8-6(3)9-7(4)10-8;1-6(2)7-3-4-9-8(10)5-7;1-6(2)7-4-8-9(3)5-7;1-6(2)7-3-4-8-9-5-7;1-5(2)6-4-7-8-9(6)3/h5-7H,1-4H3;4-7H,1-3H3;5-6H,1-4H3;4-6H,1-3H3;5H,1-4H3,(H,9,10);3-6H,1-2H3,(H,9,10);4-6H,1-3H3;3-6H,1-2H3;4-5H,1-3H3. The van der Waals surface area contributed by atoms with Crippen LogP contribution in [0.2, 0.25) is 0 Å². The molecule has 17 heteroatoms. The average molecular weight is 1210 g/mol. The van der Waals surface area contributed by atoms with Crippen LogP contribution in [0.3, 0.4) is 0 Å². The van der Waals surface area contributed by atoms with Crippen LogP contribution in [0.1, 0.15) is 268 Å². The van der Waals surface area contributed by atoms with Gasteiger partial charge in [-0.25, -0.2) is 9.97 Å². The Morgan fingerprint density at radius 1 is 0.466 bits per heavy atom. The Balaban J connectivity index is 0.000000495. The minimum atomic E-state index is -0.0220. The topological polar surface area (TPSA) is 205 Å². The Morgan fingerprint density at radius 2 is 1.05 bits per heavy atom. The number of hydrogen-bond acceptors (Lipinski definition) is 12. The third-order valence-corrected chi connectivity index (χ3v) is 13.6. The molecule has 0 radical (unpaired) electrons. The van der Waals surface area contributed by atoms with Crippen molar-refractivity contribution in [3.8, 4) is 0 Å². The summed E-state index contributed by atoms with van der Waals surface area (Å²) in [6.45, 7) is 54.9. The number of imidazole rings is 2. The van der Waals surface area contributed by atoms with E-state index in [9.17, 15) is 4.79 Å². The van der Waals surface area contributed by atoms with Gasteiger partial charge in [-0.05, 0) is 192 Å². The van der Waals surface area contributed by atoms with Crippen molar-refractivity contribution in [3.63, 3.8) is 0 Å². The molecular weight excluding hydrogens is 1090 g/mol. The van der Waals surface area contributed by atoms with Crippen LogP contribution in [0.4, 0.5) is 0 Å². The molecule has 9 aromatic heterocycles. The zero-order chi connectivity index (χ0) is 67.0. The van der Waals surface area contributed by atoms with Gasteiger partial charge in [0.05, 0.1) is 47.6 Å². The Hall–Kier alpha value is -7.82. The van der Waals surface area contributed by atoms with E-state index in [1.807, 2.05) is 103 Å². The molecule has 0 aliphatic carbocycles. The second kappa shape index (κ2) is 40.6. The number of rotatable bonds is 9. The number of H-pyrrole nitrogens is 2. The molecule has 0 amide bonds. The van der Waals surface area contributed by atoms with Gasteiger partial charge in [-0.3, -0.25) is 24.1 Å². The predicted octanol–water partition coefficient (Wildman–Crippen LogP) is 17.1. The van der Waals surface area contributed by atoms with E-state index < -0.39 is 0 Å². The summed E-state index contributed by atoms with van der Waals surface area (Å²) in [4.78, 5) is 33.5. The van der Waals surface area contributed by atoms with Crippen LogP contribution in [-0.2, 0) is 14.1 Å². The molecule has 0 bridgehead atoms. The van der Waals surface area contributed by atoms with Gasteiger partial charge in [0.25, 0.3) is 0 Å². The second-order valence-electron chi connectivity index (χ2n) is 24.9. The van der Waals surface area contributed by atoms with Crippen molar-refractivity contribution in [3.05, 3.63) is 205 Å². The van der Waals surface area contributed by atoms with E-state index >= 15 is 0 Å². The van der Waals surface area contributed by atoms with Crippen molar-refractivity contribution in [1.82, 2.24) is 79.6 Å². The number of pyridine rings is 3. The summed E-state index contributed by atoms with van der Waals surface area (Å²) in [5.41, 5.74) is 16.8. The lowest BCUT2D eigenvalue weighted by Crippen LogP contribution is -2.04. The zero-order valence-corrected chi connectivity index (χ0v) is 59.2. The lowest BCUT2D eigenvalue weighted by molar-refractivity contribution is 0.582. The lowest BCUT2D eigenvalue weighted by Gasteiger charge is -2.07. The predicted molar refractivity (Wildman–Crippen MR) is 366 cm³/mol. The van der Waals surface area contributed by atoms with Crippen molar-refractivity contribution >= 4 is 0 Å². The molecule has 17 nitrogen and oxygen atoms in total. The van der Waals surface area contributed by atoms with E-state index in [0.717, 1.165) is 40.0 Å². The van der Waals surface area contributed by atoms with Crippen LogP contribution >= 0.6 is 0 Å². The molecule has 0 spiro atoms. The number of aryl methyl sites for hydroxylation is 10. The van der Waals surface area contributed by atoms with Gasteiger partial charge >= 0.3 is 0 Å². The van der Waals surface area contributed by atoms with Gasteiger partial charge in [0.1, 0.15) is 11.6 Å². The van der Waals surface area contributed by atoms with Crippen LogP contribution in [0.25, 0.3) is 0 Å². The summed E-state index contributed by atoms with van der Waals surface area (Å²) in [6, 6.07) is 14.5. The normalized spacial score (nSPS) is 10.6. The first-order valence-electron chi connectivity index (χ1n) is 31.1. The fraction of sp³-hybridized carbons (Fsp3) is 0.521. The fourth-order valence-corrected chi connectivity index (χ4v) is 8.51. The molecule has 9 rings (SSSR count). The maximum absolute atomic E-state index is 10.7. The number of nitrogens with zero attached hydrogens (tertiary/aromatic N) is 14. The van der Waals surface area contributed by atoms with Gasteiger partial charge in [-0.2, -0.15) is 25.5 Å².